The van der Waals surface area contributed by atoms with Crippen molar-refractivity contribution in [2.75, 3.05) is 12.0 Å². The summed E-state index contributed by atoms with van der Waals surface area (Å²) in [7, 11) is 0. The quantitative estimate of drug-likeness (QED) is 0.299. The molecule has 1 aromatic carbocycles. The number of hydrogen-bond acceptors (Lipinski definition) is 8. The van der Waals surface area contributed by atoms with Crippen molar-refractivity contribution in [2.45, 2.75) is 31.3 Å². The maximum Gasteiger partial charge on any atom is 0.147 e. The minimum atomic E-state index is -1.71. The molecular formula is C16H20ClN3O5. The van der Waals surface area contributed by atoms with Crippen molar-refractivity contribution < 1.29 is 25.5 Å². The van der Waals surface area contributed by atoms with E-state index >= 15 is 0 Å². The van der Waals surface area contributed by atoms with Crippen molar-refractivity contribution in [3.63, 3.8) is 0 Å². The number of aliphatic hydroxyl groups excluding tert-OH is 5. The molecule has 136 valence electrons. The second kappa shape index (κ2) is 8.52. The summed E-state index contributed by atoms with van der Waals surface area (Å²) in [5.41, 5.74) is 4.26. The minimum Gasteiger partial charge on any atom is -0.394 e. The van der Waals surface area contributed by atoms with Gasteiger partial charge in [0.2, 0.25) is 0 Å². The summed E-state index contributed by atoms with van der Waals surface area (Å²) in [6.07, 6.45) is -5.58. The van der Waals surface area contributed by atoms with Crippen LogP contribution in [0.5, 0.6) is 0 Å². The van der Waals surface area contributed by atoms with Gasteiger partial charge in [0, 0.05) is 10.4 Å². The van der Waals surface area contributed by atoms with Gasteiger partial charge in [0.25, 0.3) is 0 Å². The zero-order valence-corrected chi connectivity index (χ0v) is 14.2. The number of nitrogens with one attached hydrogen (secondary N) is 1. The molecule has 1 heterocycles. The topological polar surface area (TPSA) is 138 Å². The molecular weight excluding hydrogens is 350 g/mol. The number of aryl methyl sites for hydroxylation is 1. The lowest BCUT2D eigenvalue weighted by atomic mass is 10.0. The van der Waals surface area contributed by atoms with E-state index in [4.69, 9.17) is 16.7 Å². The van der Waals surface area contributed by atoms with Crippen molar-refractivity contribution in [2.24, 2.45) is 5.10 Å². The van der Waals surface area contributed by atoms with Crippen molar-refractivity contribution in [3.05, 3.63) is 34.9 Å². The molecule has 2 aromatic rings. The number of hydrazone groups is 1. The maximum atomic E-state index is 9.74. The first-order valence-corrected chi connectivity index (χ1v) is 7.90. The van der Waals surface area contributed by atoms with Crippen LogP contribution in [-0.2, 0) is 0 Å². The van der Waals surface area contributed by atoms with Crippen LogP contribution < -0.4 is 5.43 Å². The third-order valence-corrected chi connectivity index (χ3v) is 3.90. The van der Waals surface area contributed by atoms with E-state index in [0.29, 0.717) is 16.4 Å². The molecule has 0 amide bonds. The number of fused-ring (bicyclic) bond motifs is 1. The van der Waals surface area contributed by atoms with Crippen molar-refractivity contribution >= 4 is 34.5 Å². The van der Waals surface area contributed by atoms with Crippen molar-refractivity contribution in [3.8, 4) is 0 Å². The fourth-order valence-electron chi connectivity index (χ4n) is 2.23. The molecule has 0 saturated heterocycles. The lowest BCUT2D eigenvalue weighted by molar-refractivity contribution is -0.0999. The van der Waals surface area contributed by atoms with Crippen LogP contribution in [0, 0.1) is 6.92 Å². The second-order valence-electron chi connectivity index (χ2n) is 5.60. The van der Waals surface area contributed by atoms with Crippen LogP contribution in [0.2, 0.25) is 5.02 Å². The minimum absolute atomic E-state index is 0.418. The Balaban J connectivity index is 2.06. The largest absolute Gasteiger partial charge is 0.394 e. The average Bonchev–Trinajstić information content (AvgIpc) is 2.60. The molecule has 0 radical (unpaired) electrons. The highest BCUT2D eigenvalue weighted by Gasteiger charge is 2.29. The number of pyridine rings is 1. The Morgan fingerprint density at radius 3 is 2.60 bits per heavy atom. The van der Waals surface area contributed by atoms with Gasteiger partial charge in [0.15, 0.2) is 0 Å². The van der Waals surface area contributed by atoms with E-state index in [9.17, 15) is 20.4 Å². The number of anilines is 1. The van der Waals surface area contributed by atoms with Crippen LogP contribution >= 0.6 is 11.6 Å². The molecule has 6 N–H and O–H groups in total. The predicted octanol–water partition coefficient (Wildman–Crippen LogP) is 0.0302. The number of aromatic nitrogens is 1. The summed E-state index contributed by atoms with van der Waals surface area (Å²) in [5.74, 6) is 0.418. The van der Waals surface area contributed by atoms with Crippen molar-refractivity contribution in [1.82, 2.24) is 4.98 Å². The van der Waals surface area contributed by atoms with Crippen LogP contribution in [0.3, 0.4) is 0 Å². The van der Waals surface area contributed by atoms with E-state index in [1.54, 1.807) is 24.3 Å². The summed E-state index contributed by atoms with van der Waals surface area (Å²) in [5, 5.41) is 52.2. The summed E-state index contributed by atoms with van der Waals surface area (Å²) in [6, 6.07) is 7.03. The first-order valence-electron chi connectivity index (χ1n) is 7.52. The number of halogens is 1. The van der Waals surface area contributed by atoms with Gasteiger partial charge in [-0.2, -0.15) is 5.10 Å². The van der Waals surface area contributed by atoms with E-state index in [1.807, 2.05) is 6.92 Å². The third kappa shape index (κ3) is 4.85. The van der Waals surface area contributed by atoms with Gasteiger partial charge < -0.3 is 25.5 Å². The summed E-state index contributed by atoms with van der Waals surface area (Å²) in [4.78, 5) is 4.35. The Morgan fingerprint density at radius 2 is 1.92 bits per heavy atom. The van der Waals surface area contributed by atoms with Gasteiger partial charge in [0.1, 0.15) is 30.2 Å². The molecule has 25 heavy (non-hydrogen) atoms. The Morgan fingerprint density at radius 1 is 1.20 bits per heavy atom. The number of nitrogens with zero attached hydrogens (tertiary/aromatic N) is 2. The molecule has 0 spiro atoms. The van der Waals surface area contributed by atoms with E-state index in [0.717, 1.165) is 17.2 Å². The zero-order valence-electron chi connectivity index (χ0n) is 13.4. The lowest BCUT2D eigenvalue weighted by Crippen LogP contribution is -2.46. The Hall–Kier alpha value is -1.81. The first-order chi connectivity index (χ1) is 11.8. The average molecular weight is 370 g/mol. The molecule has 2 rings (SSSR count). The van der Waals surface area contributed by atoms with Gasteiger partial charge in [-0.25, -0.2) is 4.98 Å². The molecule has 8 nitrogen and oxygen atoms in total. The Labute approximate surface area is 149 Å². The van der Waals surface area contributed by atoms with Crippen LogP contribution in [0.1, 0.15) is 5.56 Å². The second-order valence-corrected chi connectivity index (χ2v) is 6.03. The summed E-state index contributed by atoms with van der Waals surface area (Å²) in [6.45, 7) is 1.14. The van der Waals surface area contributed by atoms with E-state index < -0.39 is 31.0 Å². The van der Waals surface area contributed by atoms with Crippen LogP contribution in [0.25, 0.3) is 10.9 Å². The number of benzene rings is 1. The molecule has 4 atom stereocenters. The summed E-state index contributed by atoms with van der Waals surface area (Å²) >= 11 is 5.96. The van der Waals surface area contributed by atoms with Gasteiger partial charge in [0.05, 0.1) is 18.3 Å². The SMILES string of the molecule is Cc1cc(N/N=C/[C@@H](O)[C@@H](O)[C@H](O)[C@H](O)CO)nc2ccc(Cl)cc12. The molecule has 0 unspecified atom stereocenters. The number of rotatable bonds is 7. The predicted molar refractivity (Wildman–Crippen MR) is 94.7 cm³/mol. The number of aliphatic hydroxyl groups is 5. The molecule has 0 fully saturated rings. The Bertz CT molecular complexity index is 758. The maximum absolute atomic E-state index is 9.74. The standard InChI is InChI=1S/C16H20ClN3O5/c1-8-4-14(19-11-3-2-9(17)5-10(8)11)20-18-6-12(22)15(24)16(25)13(23)7-21/h2-6,12-13,15-16,21-25H,7H2,1H3,(H,19,20)/b18-6+/t12-,13-,15-,16-/m1/s1. The van der Waals surface area contributed by atoms with Gasteiger partial charge in [-0.05, 0) is 36.8 Å². The smallest absolute Gasteiger partial charge is 0.147 e. The highest BCUT2D eigenvalue weighted by molar-refractivity contribution is 6.31. The van der Waals surface area contributed by atoms with Gasteiger partial charge in [-0.1, -0.05) is 11.6 Å². The highest BCUT2D eigenvalue weighted by Crippen LogP contribution is 2.23. The molecule has 9 heteroatoms. The van der Waals surface area contributed by atoms with E-state index in [-0.39, 0.29) is 0 Å². The number of hydrogen-bond donors (Lipinski definition) is 6. The molecule has 0 aliphatic carbocycles. The van der Waals surface area contributed by atoms with E-state index in [1.165, 1.54) is 0 Å². The normalized spacial score (nSPS) is 16.8. The molecule has 1 aromatic heterocycles. The van der Waals surface area contributed by atoms with Crippen molar-refractivity contribution in [1.29, 1.82) is 0 Å². The molecule has 0 aliphatic rings. The lowest BCUT2D eigenvalue weighted by Gasteiger charge is -2.23. The van der Waals surface area contributed by atoms with Gasteiger partial charge in [-0.15, -0.1) is 0 Å². The third-order valence-electron chi connectivity index (χ3n) is 3.67. The Kier molecular flexibility index (Phi) is 6.65. The van der Waals surface area contributed by atoms with Gasteiger partial charge in [-0.3, -0.25) is 5.43 Å². The van der Waals surface area contributed by atoms with E-state index in [2.05, 4.69) is 15.5 Å². The zero-order chi connectivity index (χ0) is 18.6. The highest BCUT2D eigenvalue weighted by atomic mass is 35.5. The monoisotopic (exact) mass is 369 g/mol. The first kappa shape index (κ1) is 19.5. The molecule has 0 saturated carbocycles. The fraction of sp³-hybridized carbons (Fsp3) is 0.375. The van der Waals surface area contributed by atoms with Crippen LogP contribution in [-0.4, -0.2) is 67.8 Å². The summed E-state index contributed by atoms with van der Waals surface area (Å²) < 4.78 is 0. The van der Waals surface area contributed by atoms with Gasteiger partial charge >= 0.3 is 0 Å². The van der Waals surface area contributed by atoms with Crippen LogP contribution in [0.4, 0.5) is 5.82 Å². The fourth-order valence-corrected chi connectivity index (χ4v) is 2.40. The van der Waals surface area contributed by atoms with Crippen LogP contribution in [0.15, 0.2) is 29.4 Å². The molecule has 0 bridgehead atoms. The molecule has 0 aliphatic heterocycles.